The van der Waals surface area contributed by atoms with Crippen LogP contribution in [0.2, 0.25) is 0 Å². The van der Waals surface area contributed by atoms with Gasteiger partial charge in [0.05, 0.1) is 36.6 Å². The second-order valence-electron chi connectivity index (χ2n) is 5.98. The van der Waals surface area contributed by atoms with Gasteiger partial charge < -0.3 is 9.47 Å². The summed E-state index contributed by atoms with van der Waals surface area (Å²) in [4.78, 5) is 8.43. The molecular weight excluding hydrogens is 316 g/mol. The van der Waals surface area contributed by atoms with Gasteiger partial charge in [0.15, 0.2) is 0 Å². The van der Waals surface area contributed by atoms with Crippen molar-refractivity contribution in [3.8, 4) is 0 Å². The normalized spacial score (nSPS) is 28.3. The minimum atomic E-state index is 0.259. The van der Waals surface area contributed by atoms with E-state index in [1.807, 2.05) is 18.3 Å². The largest absolute Gasteiger partial charge is 0.379 e. The van der Waals surface area contributed by atoms with Crippen LogP contribution < -0.4 is 0 Å². The molecule has 0 spiro atoms. The lowest BCUT2D eigenvalue weighted by molar-refractivity contribution is 0.00761. The monoisotopic (exact) mass is 336 g/mol. The quantitative estimate of drug-likeness (QED) is 0.841. The molecule has 0 N–H and O–H groups in total. The van der Waals surface area contributed by atoms with Gasteiger partial charge >= 0.3 is 0 Å². The molecule has 6 heteroatoms. The zero-order valence-corrected chi connectivity index (χ0v) is 14.2. The molecule has 4 nitrogen and oxygen atoms in total. The van der Waals surface area contributed by atoms with Gasteiger partial charge in [-0.1, -0.05) is 6.07 Å². The first-order valence-corrected chi connectivity index (χ1v) is 9.42. The Morgan fingerprint density at radius 2 is 2.36 bits per heavy atom. The second-order valence-corrected chi connectivity index (χ2v) is 8.08. The van der Waals surface area contributed by atoms with Crippen LogP contribution in [0.5, 0.6) is 0 Å². The van der Waals surface area contributed by atoms with Crippen LogP contribution in [0.1, 0.15) is 15.6 Å². The number of aryl methyl sites for hydroxylation is 1. The molecule has 118 valence electrons. The SMILES string of the molecule is Cc1nc(CO[C@H]2CN(Cc3cccs3)[C@@H]3COC[C@H]23)cs1. The third-order valence-electron chi connectivity index (χ3n) is 4.51. The summed E-state index contributed by atoms with van der Waals surface area (Å²) in [5.41, 5.74) is 1.05. The lowest BCUT2D eigenvalue weighted by Crippen LogP contribution is -2.31. The van der Waals surface area contributed by atoms with Gasteiger partial charge in [-0.05, 0) is 18.4 Å². The van der Waals surface area contributed by atoms with E-state index in [2.05, 4.69) is 32.8 Å². The summed E-state index contributed by atoms with van der Waals surface area (Å²) in [6, 6.07) is 4.84. The highest BCUT2D eigenvalue weighted by Crippen LogP contribution is 2.34. The summed E-state index contributed by atoms with van der Waals surface area (Å²) in [6.45, 7) is 6.33. The van der Waals surface area contributed by atoms with Crippen LogP contribution in [0.3, 0.4) is 0 Å². The fourth-order valence-corrected chi connectivity index (χ4v) is 4.75. The molecule has 22 heavy (non-hydrogen) atoms. The summed E-state index contributed by atoms with van der Waals surface area (Å²) in [7, 11) is 0. The third-order valence-corrected chi connectivity index (χ3v) is 6.19. The van der Waals surface area contributed by atoms with E-state index in [1.54, 1.807) is 11.3 Å². The van der Waals surface area contributed by atoms with Gasteiger partial charge in [0, 0.05) is 35.3 Å². The molecule has 2 saturated heterocycles. The highest BCUT2D eigenvalue weighted by molar-refractivity contribution is 7.10. The molecular formula is C16H20N2O2S2. The summed E-state index contributed by atoms with van der Waals surface area (Å²) >= 11 is 3.51. The fourth-order valence-electron chi connectivity index (χ4n) is 3.42. The number of hydrogen-bond donors (Lipinski definition) is 0. The number of nitrogens with zero attached hydrogens (tertiary/aromatic N) is 2. The van der Waals surface area contributed by atoms with E-state index in [-0.39, 0.29) is 6.10 Å². The average Bonchev–Trinajstić information content (AvgIpc) is 3.24. The fraction of sp³-hybridized carbons (Fsp3) is 0.562. The highest BCUT2D eigenvalue weighted by Gasteiger charge is 2.45. The Kier molecular flexibility index (Phi) is 4.28. The Labute approximate surface area is 138 Å². The summed E-state index contributed by atoms with van der Waals surface area (Å²) < 4.78 is 11.9. The van der Waals surface area contributed by atoms with Crippen molar-refractivity contribution in [3.05, 3.63) is 38.5 Å². The van der Waals surface area contributed by atoms with Crippen LogP contribution in [-0.4, -0.2) is 41.8 Å². The molecule has 2 aliphatic heterocycles. The molecule has 2 fully saturated rings. The van der Waals surface area contributed by atoms with Crippen molar-refractivity contribution < 1.29 is 9.47 Å². The summed E-state index contributed by atoms with van der Waals surface area (Å²) in [5, 5.41) is 5.34. The van der Waals surface area contributed by atoms with E-state index >= 15 is 0 Å². The van der Waals surface area contributed by atoms with Crippen LogP contribution in [0.15, 0.2) is 22.9 Å². The van der Waals surface area contributed by atoms with Crippen LogP contribution in [0.25, 0.3) is 0 Å². The van der Waals surface area contributed by atoms with E-state index in [1.165, 1.54) is 4.88 Å². The Balaban J connectivity index is 1.40. The first kappa shape index (κ1) is 14.8. The van der Waals surface area contributed by atoms with Gasteiger partial charge in [0.2, 0.25) is 0 Å². The van der Waals surface area contributed by atoms with Crippen molar-refractivity contribution in [2.45, 2.75) is 32.2 Å². The van der Waals surface area contributed by atoms with Gasteiger partial charge in [-0.15, -0.1) is 22.7 Å². The second kappa shape index (κ2) is 6.37. The lowest BCUT2D eigenvalue weighted by atomic mass is 10.0. The summed E-state index contributed by atoms with van der Waals surface area (Å²) in [6.07, 6.45) is 0.259. The smallest absolute Gasteiger partial charge is 0.0901 e. The minimum Gasteiger partial charge on any atom is -0.379 e. The van der Waals surface area contributed by atoms with Gasteiger partial charge in [0.1, 0.15) is 0 Å². The molecule has 0 saturated carbocycles. The molecule has 0 radical (unpaired) electrons. The van der Waals surface area contributed by atoms with Crippen LogP contribution in [0.4, 0.5) is 0 Å². The van der Waals surface area contributed by atoms with E-state index in [0.29, 0.717) is 18.6 Å². The van der Waals surface area contributed by atoms with Crippen LogP contribution in [-0.2, 0) is 22.6 Å². The zero-order chi connectivity index (χ0) is 14.9. The number of rotatable bonds is 5. The molecule has 0 amide bonds. The maximum atomic E-state index is 6.19. The van der Waals surface area contributed by atoms with Crippen LogP contribution >= 0.6 is 22.7 Å². The van der Waals surface area contributed by atoms with Gasteiger partial charge in [-0.2, -0.15) is 0 Å². The maximum Gasteiger partial charge on any atom is 0.0901 e. The zero-order valence-electron chi connectivity index (χ0n) is 12.6. The van der Waals surface area contributed by atoms with Crippen molar-refractivity contribution in [2.24, 2.45) is 5.92 Å². The molecule has 0 aliphatic carbocycles. The molecule has 0 bridgehead atoms. The van der Waals surface area contributed by atoms with E-state index in [0.717, 1.165) is 37.0 Å². The van der Waals surface area contributed by atoms with Crippen molar-refractivity contribution in [1.82, 2.24) is 9.88 Å². The van der Waals surface area contributed by atoms with E-state index < -0.39 is 0 Å². The number of fused-ring (bicyclic) bond motifs is 1. The highest BCUT2D eigenvalue weighted by atomic mass is 32.1. The summed E-state index contributed by atoms with van der Waals surface area (Å²) in [5.74, 6) is 0.500. The number of aromatic nitrogens is 1. The predicted molar refractivity (Wildman–Crippen MR) is 88.3 cm³/mol. The number of likely N-dealkylation sites (tertiary alicyclic amines) is 1. The number of hydrogen-bond acceptors (Lipinski definition) is 6. The standard InChI is InChI=1S/C16H20N2O2S2/c1-11-17-12(10-22-11)7-20-16-6-18(5-13-3-2-4-21-13)15-9-19-8-14(15)16/h2-4,10,14-16H,5-9H2,1H3/t14-,15+,16-/m0/s1. The Bertz CT molecular complexity index is 613. The maximum absolute atomic E-state index is 6.19. The minimum absolute atomic E-state index is 0.259. The molecule has 0 aromatic carbocycles. The van der Waals surface area contributed by atoms with E-state index in [4.69, 9.17) is 9.47 Å². The first-order chi connectivity index (χ1) is 10.8. The molecule has 2 aromatic heterocycles. The Morgan fingerprint density at radius 1 is 1.41 bits per heavy atom. The predicted octanol–water partition coefficient (Wildman–Crippen LogP) is 2.93. The topological polar surface area (TPSA) is 34.6 Å². The number of thiophene rings is 1. The number of ether oxygens (including phenoxy) is 2. The molecule has 3 atom stereocenters. The van der Waals surface area contributed by atoms with E-state index in [9.17, 15) is 0 Å². The third kappa shape index (κ3) is 2.98. The molecule has 4 rings (SSSR count). The molecule has 2 aromatic rings. The van der Waals surface area contributed by atoms with Gasteiger partial charge in [0.25, 0.3) is 0 Å². The average molecular weight is 336 g/mol. The molecule has 0 unspecified atom stereocenters. The molecule has 2 aliphatic rings. The van der Waals surface area contributed by atoms with Crippen molar-refractivity contribution in [3.63, 3.8) is 0 Å². The Hall–Kier alpha value is -0.790. The van der Waals surface area contributed by atoms with Crippen molar-refractivity contribution >= 4 is 22.7 Å². The van der Waals surface area contributed by atoms with Crippen molar-refractivity contribution in [2.75, 3.05) is 19.8 Å². The molecule has 4 heterocycles. The van der Waals surface area contributed by atoms with Gasteiger partial charge in [-0.25, -0.2) is 4.98 Å². The Morgan fingerprint density at radius 3 is 3.14 bits per heavy atom. The van der Waals surface area contributed by atoms with Gasteiger partial charge in [-0.3, -0.25) is 4.90 Å². The van der Waals surface area contributed by atoms with Crippen molar-refractivity contribution in [1.29, 1.82) is 0 Å². The number of thiazole rings is 1. The lowest BCUT2D eigenvalue weighted by Gasteiger charge is -2.21. The van der Waals surface area contributed by atoms with Crippen LogP contribution in [0, 0.1) is 12.8 Å². The first-order valence-electron chi connectivity index (χ1n) is 7.66.